The van der Waals surface area contributed by atoms with Gasteiger partial charge in [0, 0.05) is 5.92 Å². The van der Waals surface area contributed by atoms with E-state index in [9.17, 15) is 4.79 Å². The molecular weight excluding hydrogens is 452 g/mol. The van der Waals surface area contributed by atoms with Crippen LogP contribution in [0.25, 0.3) is 11.1 Å². The number of benzene rings is 2. The lowest BCUT2D eigenvalue weighted by atomic mass is 9.98. The Morgan fingerprint density at radius 2 is 1.29 bits per heavy atom. The minimum Gasteiger partial charge on any atom is -0.433 e. The summed E-state index contributed by atoms with van der Waals surface area (Å²) in [4.78, 5) is 12.6. The smallest absolute Gasteiger partial charge is 0.433 e. The predicted molar refractivity (Wildman–Crippen MR) is 124 cm³/mol. The fourth-order valence-electron chi connectivity index (χ4n) is 5.61. The fourth-order valence-corrected chi connectivity index (χ4v) is 5.61. The summed E-state index contributed by atoms with van der Waals surface area (Å²) in [6.45, 7) is 7.46. The standard InChI is InChI=1S/C27H30O8/c1-26(2)32-21-20(31-24-23(22(21)33-26)34-27(3,4)35-24)14-30-25(28)29-13-19-17-11-7-5-9-15(17)16-10-6-8-12-18(16)19/h5-12,19-24H,13-14H2,1-4H3/t20-,21+,22+,23-,24-/m1/s1. The van der Waals surface area contributed by atoms with Gasteiger partial charge in [-0.15, -0.1) is 0 Å². The van der Waals surface area contributed by atoms with Gasteiger partial charge in [0.2, 0.25) is 0 Å². The van der Waals surface area contributed by atoms with Crippen molar-refractivity contribution in [2.75, 3.05) is 13.2 Å². The lowest BCUT2D eigenvalue weighted by molar-refractivity contribution is -0.240. The van der Waals surface area contributed by atoms with Crippen molar-refractivity contribution < 1.29 is 38.0 Å². The molecule has 4 aliphatic rings. The molecule has 0 N–H and O–H groups in total. The predicted octanol–water partition coefficient (Wildman–Crippen LogP) is 4.35. The number of fused-ring (bicyclic) bond motifs is 6. The van der Waals surface area contributed by atoms with Gasteiger partial charge in [0.25, 0.3) is 0 Å². The van der Waals surface area contributed by atoms with Gasteiger partial charge in [0.1, 0.15) is 37.6 Å². The molecule has 3 heterocycles. The first kappa shape index (κ1) is 22.9. The summed E-state index contributed by atoms with van der Waals surface area (Å²) in [5.74, 6) is -1.66. The maximum absolute atomic E-state index is 12.6. The molecule has 0 aromatic heterocycles. The van der Waals surface area contributed by atoms with Gasteiger partial charge in [0.15, 0.2) is 17.9 Å². The molecule has 6 rings (SSSR count). The van der Waals surface area contributed by atoms with Crippen LogP contribution in [-0.2, 0) is 33.2 Å². The molecule has 3 fully saturated rings. The second-order valence-electron chi connectivity index (χ2n) is 10.3. The van der Waals surface area contributed by atoms with E-state index in [1.165, 1.54) is 11.1 Å². The van der Waals surface area contributed by atoms with E-state index in [2.05, 4.69) is 24.3 Å². The zero-order valence-electron chi connectivity index (χ0n) is 20.3. The first-order valence-electron chi connectivity index (χ1n) is 12.1. The maximum Gasteiger partial charge on any atom is 0.508 e. The lowest BCUT2D eigenvalue weighted by Gasteiger charge is -2.36. The quantitative estimate of drug-likeness (QED) is 0.595. The molecule has 0 saturated carbocycles. The third kappa shape index (κ3) is 4.13. The Kier molecular flexibility index (Phi) is 5.43. The Bertz CT molecular complexity index is 1080. The lowest BCUT2D eigenvalue weighted by Crippen LogP contribution is -2.56. The molecule has 35 heavy (non-hydrogen) atoms. The minimum absolute atomic E-state index is 0.0374. The van der Waals surface area contributed by atoms with Crippen molar-refractivity contribution in [1.82, 2.24) is 0 Å². The van der Waals surface area contributed by atoms with Gasteiger partial charge in [0.05, 0.1) is 0 Å². The summed E-state index contributed by atoms with van der Waals surface area (Å²) in [5, 5.41) is 0. The molecule has 2 aromatic rings. The summed E-state index contributed by atoms with van der Waals surface area (Å²) < 4.78 is 41.2. The van der Waals surface area contributed by atoms with Crippen LogP contribution in [0.5, 0.6) is 0 Å². The minimum atomic E-state index is -0.814. The average Bonchev–Trinajstić information content (AvgIpc) is 3.43. The third-order valence-corrected chi connectivity index (χ3v) is 6.95. The number of ether oxygens (including phenoxy) is 7. The number of hydrogen-bond donors (Lipinski definition) is 0. The Labute approximate surface area is 204 Å². The molecule has 0 bridgehead atoms. The van der Waals surface area contributed by atoms with Crippen LogP contribution in [0.4, 0.5) is 4.79 Å². The molecule has 0 unspecified atom stereocenters. The van der Waals surface area contributed by atoms with Crippen molar-refractivity contribution in [3.8, 4) is 11.1 Å². The van der Waals surface area contributed by atoms with Gasteiger partial charge < -0.3 is 33.2 Å². The van der Waals surface area contributed by atoms with Crippen LogP contribution in [0.2, 0.25) is 0 Å². The van der Waals surface area contributed by atoms with Gasteiger partial charge in [-0.1, -0.05) is 48.5 Å². The van der Waals surface area contributed by atoms with E-state index in [0.717, 1.165) is 11.1 Å². The molecule has 186 valence electrons. The van der Waals surface area contributed by atoms with Gasteiger partial charge in [-0.3, -0.25) is 0 Å². The Morgan fingerprint density at radius 3 is 1.97 bits per heavy atom. The number of carbonyl (C=O) groups excluding carboxylic acids is 1. The largest absolute Gasteiger partial charge is 0.508 e. The number of rotatable bonds is 4. The van der Waals surface area contributed by atoms with Crippen LogP contribution in [0.15, 0.2) is 48.5 Å². The second kappa shape index (κ2) is 8.28. The van der Waals surface area contributed by atoms with Crippen molar-refractivity contribution in [2.45, 2.75) is 75.9 Å². The first-order chi connectivity index (χ1) is 16.7. The second-order valence-corrected chi connectivity index (χ2v) is 10.3. The van der Waals surface area contributed by atoms with Gasteiger partial charge in [-0.25, -0.2) is 4.79 Å². The van der Waals surface area contributed by atoms with E-state index in [0.29, 0.717) is 0 Å². The number of hydrogen-bond acceptors (Lipinski definition) is 8. The van der Waals surface area contributed by atoms with E-state index in [1.54, 1.807) is 0 Å². The SMILES string of the molecule is CC1(C)O[C@H]2[C@@H](O1)[C@@H](COC(=O)OCC1c3ccccc3-c3ccccc31)O[C@@H]1OC(C)(C)O[C@@H]12. The number of carbonyl (C=O) groups is 1. The van der Waals surface area contributed by atoms with E-state index in [4.69, 9.17) is 33.2 Å². The van der Waals surface area contributed by atoms with E-state index in [1.807, 2.05) is 52.0 Å². The van der Waals surface area contributed by atoms with Crippen molar-refractivity contribution >= 4 is 6.16 Å². The zero-order valence-corrected chi connectivity index (χ0v) is 20.3. The van der Waals surface area contributed by atoms with E-state index in [-0.39, 0.29) is 19.1 Å². The van der Waals surface area contributed by atoms with Crippen LogP contribution in [-0.4, -0.2) is 61.6 Å². The first-order valence-corrected chi connectivity index (χ1v) is 12.1. The van der Waals surface area contributed by atoms with Gasteiger partial charge in [-0.2, -0.15) is 0 Å². The van der Waals surface area contributed by atoms with Crippen LogP contribution in [0.3, 0.4) is 0 Å². The topological polar surface area (TPSA) is 81.7 Å². The molecule has 3 aliphatic heterocycles. The molecule has 0 spiro atoms. The average molecular weight is 483 g/mol. The highest BCUT2D eigenvalue weighted by Crippen LogP contribution is 2.45. The van der Waals surface area contributed by atoms with E-state index < -0.39 is 48.4 Å². The normalized spacial score (nSPS) is 31.8. The monoisotopic (exact) mass is 482 g/mol. The van der Waals surface area contributed by atoms with Crippen LogP contribution in [0, 0.1) is 0 Å². The molecule has 0 radical (unpaired) electrons. The van der Waals surface area contributed by atoms with Gasteiger partial charge >= 0.3 is 6.16 Å². The third-order valence-electron chi connectivity index (χ3n) is 6.95. The molecule has 8 nitrogen and oxygen atoms in total. The van der Waals surface area contributed by atoms with Crippen molar-refractivity contribution in [2.24, 2.45) is 0 Å². The van der Waals surface area contributed by atoms with Crippen LogP contribution in [0.1, 0.15) is 44.7 Å². The Morgan fingerprint density at radius 1 is 0.743 bits per heavy atom. The van der Waals surface area contributed by atoms with Gasteiger partial charge in [-0.05, 0) is 49.9 Å². The van der Waals surface area contributed by atoms with E-state index >= 15 is 0 Å². The van der Waals surface area contributed by atoms with Crippen LogP contribution >= 0.6 is 0 Å². The molecule has 3 saturated heterocycles. The molecule has 0 amide bonds. The molecule has 2 aromatic carbocycles. The summed E-state index contributed by atoms with van der Waals surface area (Å²) in [6.07, 6.45) is -3.27. The highest BCUT2D eigenvalue weighted by Gasteiger charge is 2.60. The fraction of sp³-hybridized carbons (Fsp3) is 0.519. The van der Waals surface area contributed by atoms with Crippen molar-refractivity contribution in [3.05, 3.63) is 59.7 Å². The summed E-state index contributed by atoms with van der Waals surface area (Å²) in [6, 6.07) is 16.4. The highest BCUT2D eigenvalue weighted by molar-refractivity contribution is 5.78. The molecule has 5 atom stereocenters. The van der Waals surface area contributed by atoms with Crippen LogP contribution < -0.4 is 0 Å². The summed E-state index contributed by atoms with van der Waals surface area (Å²) >= 11 is 0. The summed E-state index contributed by atoms with van der Waals surface area (Å²) in [5.41, 5.74) is 4.63. The zero-order chi connectivity index (χ0) is 24.4. The molecule has 1 aliphatic carbocycles. The van der Waals surface area contributed by atoms with Crippen molar-refractivity contribution in [1.29, 1.82) is 0 Å². The van der Waals surface area contributed by atoms with Crippen molar-refractivity contribution in [3.63, 3.8) is 0 Å². The Hall–Kier alpha value is -2.49. The maximum atomic E-state index is 12.6. The molecule has 8 heteroatoms. The summed E-state index contributed by atoms with van der Waals surface area (Å²) in [7, 11) is 0. The Balaban J connectivity index is 1.10. The highest BCUT2D eigenvalue weighted by atomic mass is 16.9. The molecular formula is C27H30O8.